The van der Waals surface area contributed by atoms with Gasteiger partial charge in [-0.05, 0) is 18.2 Å². The zero-order valence-electron chi connectivity index (χ0n) is 15.0. The number of hydrogen-bond donors (Lipinski definition) is 1. The Morgan fingerprint density at radius 3 is 2.57 bits per heavy atom. The summed E-state index contributed by atoms with van der Waals surface area (Å²) in [7, 11) is 0. The Labute approximate surface area is 177 Å². The predicted octanol–water partition coefficient (Wildman–Crippen LogP) is 5.92. The second kappa shape index (κ2) is 7.92. The number of alkyl halides is 3. The molecule has 2 heterocycles. The summed E-state index contributed by atoms with van der Waals surface area (Å²) in [5.41, 5.74) is -0.267. The second-order valence-corrected chi connectivity index (χ2v) is 7.45. The van der Waals surface area contributed by atoms with Crippen LogP contribution in [0.15, 0.2) is 66.2 Å². The summed E-state index contributed by atoms with van der Waals surface area (Å²) in [4.78, 5) is 16.9. The zero-order valence-corrected chi connectivity index (χ0v) is 16.6. The fourth-order valence-electron chi connectivity index (χ4n) is 2.83. The van der Waals surface area contributed by atoms with E-state index in [1.165, 1.54) is 24.3 Å². The second-order valence-electron chi connectivity index (χ2n) is 6.15. The van der Waals surface area contributed by atoms with Crippen LogP contribution in [0.25, 0.3) is 16.9 Å². The maximum Gasteiger partial charge on any atom is 0.434 e. The van der Waals surface area contributed by atoms with E-state index in [4.69, 9.17) is 11.6 Å². The number of nitrogens with one attached hydrogen (secondary N) is 1. The van der Waals surface area contributed by atoms with Crippen molar-refractivity contribution in [3.05, 3.63) is 82.5 Å². The quantitative estimate of drug-likeness (QED) is 0.421. The lowest BCUT2D eigenvalue weighted by Crippen LogP contribution is -2.20. The van der Waals surface area contributed by atoms with Gasteiger partial charge in [0.25, 0.3) is 5.91 Å². The maximum atomic E-state index is 13.8. The summed E-state index contributed by atoms with van der Waals surface area (Å²) < 4.78 is 41.9. The molecule has 0 aliphatic carbocycles. The number of halogens is 4. The van der Waals surface area contributed by atoms with Gasteiger partial charge in [-0.3, -0.25) is 10.1 Å². The Balaban J connectivity index is 1.66. The SMILES string of the molecule is O=C(Nc1nc(-c2ccccc2)cs1)c1cnn(-c2cccc(Cl)c2)c1C(F)(F)F. The molecule has 1 N–H and O–H groups in total. The summed E-state index contributed by atoms with van der Waals surface area (Å²) in [6.45, 7) is 0. The fourth-order valence-corrected chi connectivity index (χ4v) is 3.73. The normalized spacial score (nSPS) is 11.5. The van der Waals surface area contributed by atoms with Crippen molar-refractivity contribution in [2.24, 2.45) is 0 Å². The van der Waals surface area contributed by atoms with Crippen molar-refractivity contribution in [1.82, 2.24) is 14.8 Å². The van der Waals surface area contributed by atoms with Gasteiger partial charge in [0.15, 0.2) is 10.8 Å². The highest BCUT2D eigenvalue weighted by Crippen LogP contribution is 2.34. The van der Waals surface area contributed by atoms with Crippen LogP contribution in [0, 0.1) is 0 Å². The van der Waals surface area contributed by atoms with Crippen LogP contribution >= 0.6 is 22.9 Å². The summed E-state index contributed by atoms with van der Waals surface area (Å²) in [5, 5.41) is 8.34. The first-order chi connectivity index (χ1) is 14.3. The summed E-state index contributed by atoms with van der Waals surface area (Å²) in [6, 6.07) is 15.0. The highest BCUT2D eigenvalue weighted by Gasteiger charge is 2.40. The lowest BCUT2D eigenvalue weighted by atomic mass is 10.2. The number of nitrogens with zero attached hydrogens (tertiary/aromatic N) is 3. The Kier molecular flexibility index (Phi) is 5.31. The van der Waals surface area contributed by atoms with Crippen LogP contribution in [-0.2, 0) is 6.18 Å². The van der Waals surface area contributed by atoms with Crippen molar-refractivity contribution < 1.29 is 18.0 Å². The predicted molar refractivity (Wildman–Crippen MR) is 109 cm³/mol. The van der Waals surface area contributed by atoms with Gasteiger partial charge < -0.3 is 0 Å². The number of carbonyl (C=O) groups is 1. The van der Waals surface area contributed by atoms with Gasteiger partial charge in [-0.25, -0.2) is 9.67 Å². The number of carbonyl (C=O) groups excluding carboxylic acids is 1. The topological polar surface area (TPSA) is 59.8 Å². The maximum absolute atomic E-state index is 13.8. The average molecular weight is 449 g/mol. The number of benzene rings is 2. The molecule has 2 aromatic heterocycles. The van der Waals surface area contributed by atoms with E-state index in [1.807, 2.05) is 30.3 Å². The molecule has 152 valence electrons. The van der Waals surface area contributed by atoms with Crippen LogP contribution in [0.3, 0.4) is 0 Å². The number of amides is 1. The standard InChI is InChI=1S/C20H12ClF3N4OS/c21-13-7-4-8-14(9-13)28-17(20(22,23)24)15(10-25-28)18(29)27-19-26-16(11-30-19)12-5-2-1-3-6-12/h1-11H,(H,26,27,29). The van der Waals surface area contributed by atoms with Gasteiger partial charge in [-0.2, -0.15) is 18.3 Å². The molecule has 0 atom stereocenters. The summed E-state index contributed by atoms with van der Waals surface area (Å²) >= 11 is 7.00. The van der Waals surface area contributed by atoms with E-state index in [2.05, 4.69) is 15.4 Å². The molecule has 2 aromatic carbocycles. The van der Waals surface area contributed by atoms with Crippen molar-refractivity contribution in [1.29, 1.82) is 0 Å². The minimum Gasteiger partial charge on any atom is -0.298 e. The molecule has 0 saturated heterocycles. The number of thiazole rings is 1. The molecule has 1 amide bonds. The van der Waals surface area contributed by atoms with Gasteiger partial charge >= 0.3 is 6.18 Å². The number of rotatable bonds is 4. The largest absolute Gasteiger partial charge is 0.434 e. The van der Waals surface area contributed by atoms with Crippen LogP contribution in [-0.4, -0.2) is 20.7 Å². The minimum atomic E-state index is -4.82. The Hall–Kier alpha value is -3.17. The van der Waals surface area contributed by atoms with Crippen molar-refractivity contribution >= 4 is 34.0 Å². The van der Waals surface area contributed by atoms with Crippen LogP contribution in [0.2, 0.25) is 5.02 Å². The monoisotopic (exact) mass is 448 g/mol. The van der Waals surface area contributed by atoms with E-state index in [1.54, 1.807) is 5.38 Å². The van der Waals surface area contributed by atoms with Gasteiger partial charge in [0, 0.05) is 16.0 Å². The van der Waals surface area contributed by atoms with Gasteiger partial charge in [0.05, 0.1) is 23.1 Å². The van der Waals surface area contributed by atoms with Crippen molar-refractivity contribution in [2.45, 2.75) is 6.18 Å². The van der Waals surface area contributed by atoms with Gasteiger partial charge in [-0.15, -0.1) is 11.3 Å². The van der Waals surface area contributed by atoms with Gasteiger partial charge in [-0.1, -0.05) is 48.0 Å². The molecule has 0 bridgehead atoms. The third-order valence-electron chi connectivity index (χ3n) is 4.13. The zero-order chi connectivity index (χ0) is 21.3. The molecule has 10 heteroatoms. The van der Waals surface area contributed by atoms with Crippen molar-refractivity contribution in [2.75, 3.05) is 5.32 Å². The third-order valence-corrected chi connectivity index (χ3v) is 5.12. The molecule has 0 aliphatic heterocycles. The highest BCUT2D eigenvalue weighted by atomic mass is 35.5. The summed E-state index contributed by atoms with van der Waals surface area (Å²) in [5.74, 6) is -0.954. The van der Waals surface area contributed by atoms with E-state index >= 15 is 0 Å². The Morgan fingerprint density at radius 1 is 1.10 bits per heavy atom. The molecule has 30 heavy (non-hydrogen) atoms. The van der Waals surface area contributed by atoms with Crippen LogP contribution < -0.4 is 5.32 Å². The fraction of sp³-hybridized carbons (Fsp3) is 0.0500. The lowest BCUT2D eigenvalue weighted by molar-refractivity contribution is -0.143. The summed E-state index contributed by atoms with van der Waals surface area (Å²) in [6.07, 6.45) is -3.94. The van der Waals surface area contributed by atoms with E-state index in [0.717, 1.165) is 23.1 Å². The minimum absolute atomic E-state index is 0.0921. The first kappa shape index (κ1) is 20.1. The van der Waals surface area contributed by atoms with Crippen LogP contribution in [0.1, 0.15) is 16.1 Å². The number of anilines is 1. The van der Waals surface area contributed by atoms with Crippen molar-refractivity contribution in [3.8, 4) is 16.9 Å². The molecule has 0 aliphatic rings. The van der Waals surface area contributed by atoms with Crippen LogP contribution in [0.5, 0.6) is 0 Å². The third kappa shape index (κ3) is 4.07. The first-order valence-electron chi connectivity index (χ1n) is 8.56. The van der Waals surface area contributed by atoms with E-state index in [0.29, 0.717) is 10.4 Å². The highest BCUT2D eigenvalue weighted by molar-refractivity contribution is 7.14. The molecular weight excluding hydrogens is 437 g/mol. The number of hydrogen-bond acceptors (Lipinski definition) is 4. The van der Waals surface area contributed by atoms with E-state index in [-0.39, 0.29) is 15.8 Å². The molecular formula is C20H12ClF3N4OS. The molecule has 0 saturated carbocycles. The average Bonchev–Trinajstić information content (AvgIpc) is 3.36. The smallest absolute Gasteiger partial charge is 0.298 e. The lowest BCUT2D eigenvalue weighted by Gasteiger charge is -2.12. The van der Waals surface area contributed by atoms with Gasteiger partial charge in [0.2, 0.25) is 0 Å². The molecule has 5 nitrogen and oxygen atoms in total. The Bertz CT molecular complexity index is 1200. The molecule has 0 fully saturated rings. The molecule has 0 unspecified atom stereocenters. The Morgan fingerprint density at radius 2 is 1.87 bits per heavy atom. The number of aromatic nitrogens is 3. The van der Waals surface area contributed by atoms with Crippen LogP contribution in [0.4, 0.5) is 18.3 Å². The molecule has 4 rings (SSSR count). The van der Waals surface area contributed by atoms with Gasteiger partial charge in [0.1, 0.15) is 0 Å². The molecule has 4 aromatic rings. The first-order valence-corrected chi connectivity index (χ1v) is 9.82. The molecule has 0 radical (unpaired) electrons. The molecule has 0 spiro atoms. The van der Waals surface area contributed by atoms with Crippen molar-refractivity contribution in [3.63, 3.8) is 0 Å². The van der Waals surface area contributed by atoms with E-state index in [9.17, 15) is 18.0 Å². The van der Waals surface area contributed by atoms with E-state index < -0.39 is 23.3 Å².